The first-order valence-electron chi connectivity index (χ1n) is 5.05. The van der Waals surface area contributed by atoms with Gasteiger partial charge in [-0.25, -0.2) is 0 Å². The Kier molecular flexibility index (Phi) is 2.98. The average Bonchev–Trinajstić information content (AvgIpc) is 2.76. The van der Waals surface area contributed by atoms with E-state index in [4.69, 9.17) is 0 Å². The van der Waals surface area contributed by atoms with Gasteiger partial charge in [-0.05, 0) is 30.5 Å². The van der Waals surface area contributed by atoms with Crippen molar-refractivity contribution in [3.05, 3.63) is 59.4 Å². The lowest BCUT2D eigenvalue weighted by Crippen LogP contribution is -1.91. The van der Waals surface area contributed by atoms with Gasteiger partial charge in [0.15, 0.2) is 6.29 Å². The second-order valence-corrected chi connectivity index (χ2v) is 3.54. The van der Waals surface area contributed by atoms with Crippen molar-refractivity contribution in [3.8, 4) is 0 Å². The molecule has 1 aromatic heterocycles. The van der Waals surface area contributed by atoms with Crippen LogP contribution in [-0.4, -0.2) is 11.3 Å². The third-order valence-corrected chi connectivity index (χ3v) is 2.42. The van der Waals surface area contributed by atoms with Gasteiger partial charge >= 0.3 is 0 Å². The van der Waals surface area contributed by atoms with E-state index in [0.717, 1.165) is 24.8 Å². The summed E-state index contributed by atoms with van der Waals surface area (Å²) in [5, 5.41) is 0. The Labute approximate surface area is 89.0 Å². The number of benzene rings is 1. The normalized spacial score (nSPS) is 10.1. The predicted molar refractivity (Wildman–Crippen MR) is 60.0 cm³/mol. The Morgan fingerprint density at radius 3 is 2.47 bits per heavy atom. The summed E-state index contributed by atoms with van der Waals surface area (Å²) in [4.78, 5) is 13.5. The zero-order valence-corrected chi connectivity index (χ0v) is 8.44. The molecule has 76 valence electrons. The average molecular weight is 199 g/mol. The number of nitrogens with one attached hydrogen (secondary N) is 1. The number of aryl methyl sites for hydroxylation is 2. The Balaban J connectivity index is 1.96. The van der Waals surface area contributed by atoms with Gasteiger partial charge in [0.1, 0.15) is 0 Å². The number of carbonyl (C=O) groups is 1. The first-order chi connectivity index (χ1) is 7.38. The molecular formula is C13H13NO. The van der Waals surface area contributed by atoms with E-state index in [1.54, 1.807) is 0 Å². The molecule has 0 bridgehead atoms. The number of hydrogen-bond acceptors (Lipinski definition) is 1. The number of rotatable bonds is 4. The van der Waals surface area contributed by atoms with Crippen LogP contribution in [0.4, 0.5) is 0 Å². The minimum absolute atomic E-state index is 0.651. The zero-order chi connectivity index (χ0) is 10.5. The summed E-state index contributed by atoms with van der Waals surface area (Å²) in [6.45, 7) is 0. The lowest BCUT2D eigenvalue weighted by Gasteiger charge is -1.98. The fourth-order valence-electron chi connectivity index (χ4n) is 1.60. The lowest BCUT2D eigenvalue weighted by atomic mass is 10.1. The van der Waals surface area contributed by atoms with Gasteiger partial charge in [-0.1, -0.05) is 30.3 Å². The van der Waals surface area contributed by atoms with Gasteiger partial charge in [0.25, 0.3) is 0 Å². The van der Waals surface area contributed by atoms with Crippen LogP contribution < -0.4 is 0 Å². The summed E-state index contributed by atoms with van der Waals surface area (Å²) >= 11 is 0. The number of aldehydes is 1. The van der Waals surface area contributed by atoms with E-state index in [1.807, 2.05) is 30.3 Å². The summed E-state index contributed by atoms with van der Waals surface area (Å²) < 4.78 is 0. The van der Waals surface area contributed by atoms with E-state index in [9.17, 15) is 4.79 Å². The largest absolute Gasteiger partial charge is 0.356 e. The van der Waals surface area contributed by atoms with Crippen molar-refractivity contribution in [1.82, 2.24) is 4.98 Å². The molecule has 2 heteroatoms. The Hall–Kier alpha value is -1.83. The molecule has 0 aliphatic rings. The van der Waals surface area contributed by atoms with Crippen molar-refractivity contribution >= 4 is 6.29 Å². The van der Waals surface area contributed by atoms with Crippen LogP contribution >= 0.6 is 0 Å². The molecule has 15 heavy (non-hydrogen) atoms. The molecular weight excluding hydrogens is 186 g/mol. The summed E-state index contributed by atoms with van der Waals surface area (Å²) in [6.07, 6.45) is 2.78. The molecule has 0 amide bonds. The number of carbonyl (C=O) groups excluding carboxylic acids is 1. The fourth-order valence-corrected chi connectivity index (χ4v) is 1.60. The van der Waals surface area contributed by atoms with E-state index >= 15 is 0 Å². The summed E-state index contributed by atoms with van der Waals surface area (Å²) in [5.74, 6) is 0. The molecule has 0 aliphatic heterocycles. The first-order valence-corrected chi connectivity index (χ1v) is 5.05. The van der Waals surface area contributed by atoms with Crippen molar-refractivity contribution in [2.45, 2.75) is 12.8 Å². The van der Waals surface area contributed by atoms with Gasteiger partial charge in [-0.15, -0.1) is 0 Å². The standard InChI is InChI=1S/C13H13NO/c15-10-13-9-8-12(14-13)7-6-11-4-2-1-3-5-11/h1-5,8-10,14H,6-7H2. The second-order valence-electron chi connectivity index (χ2n) is 3.54. The SMILES string of the molecule is O=Cc1ccc(CCc2ccccc2)[nH]1. The molecule has 0 unspecified atom stereocenters. The van der Waals surface area contributed by atoms with Crippen molar-refractivity contribution < 1.29 is 4.79 Å². The third kappa shape index (κ3) is 2.56. The van der Waals surface area contributed by atoms with Crippen LogP contribution in [0.15, 0.2) is 42.5 Å². The molecule has 2 aromatic rings. The molecule has 2 nitrogen and oxygen atoms in total. The second kappa shape index (κ2) is 4.60. The van der Waals surface area contributed by atoms with Gasteiger partial charge in [0.05, 0.1) is 5.69 Å². The van der Waals surface area contributed by atoms with Crippen molar-refractivity contribution in [2.24, 2.45) is 0 Å². The number of aromatic nitrogens is 1. The van der Waals surface area contributed by atoms with E-state index in [-0.39, 0.29) is 0 Å². The summed E-state index contributed by atoms with van der Waals surface area (Å²) in [6, 6.07) is 14.1. The molecule has 2 rings (SSSR count). The molecule has 1 N–H and O–H groups in total. The van der Waals surface area contributed by atoms with Gasteiger partial charge in [-0.2, -0.15) is 0 Å². The number of hydrogen-bond donors (Lipinski definition) is 1. The number of H-pyrrole nitrogens is 1. The Morgan fingerprint density at radius 1 is 1.00 bits per heavy atom. The van der Waals surface area contributed by atoms with Gasteiger partial charge in [-0.3, -0.25) is 4.79 Å². The zero-order valence-electron chi connectivity index (χ0n) is 8.44. The monoisotopic (exact) mass is 199 g/mol. The molecule has 0 aliphatic carbocycles. The highest BCUT2D eigenvalue weighted by molar-refractivity contribution is 5.71. The maximum absolute atomic E-state index is 10.5. The maximum atomic E-state index is 10.5. The minimum Gasteiger partial charge on any atom is -0.356 e. The molecule has 0 saturated carbocycles. The smallest absolute Gasteiger partial charge is 0.166 e. The van der Waals surface area contributed by atoms with Crippen LogP contribution in [0.25, 0.3) is 0 Å². The van der Waals surface area contributed by atoms with Gasteiger partial charge in [0.2, 0.25) is 0 Å². The molecule has 0 saturated heterocycles. The molecule has 0 radical (unpaired) electrons. The van der Waals surface area contributed by atoms with E-state index < -0.39 is 0 Å². The van der Waals surface area contributed by atoms with Crippen LogP contribution in [0.3, 0.4) is 0 Å². The van der Waals surface area contributed by atoms with Crippen LogP contribution in [0.1, 0.15) is 21.7 Å². The van der Waals surface area contributed by atoms with Crippen molar-refractivity contribution in [1.29, 1.82) is 0 Å². The highest BCUT2D eigenvalue weighted by Gasteiger charge is 1.98. The van der Waals surface area contributed by atoms with Crippen LogP contribution in [0.2, 0.25) is 0 Å². The summed E-state index contributed by atoms with van der Waals surface area (Å²) in [7, 11) is 0. The van der Waals surface area contributed by atoms with Crippen LogP contribution in [-0.2, 0) is 12.8 Å². The van der Waals surface area contributed by atoms with E-state index in [0.29, 0.717) is 5.69 Å². The molecule has 0 atom stereocenters. The van der Waals surface area contributed by atoms with Crippen LogP contribution in [0, 0.1) is 0 Å². The van der Waals surface area contributed by atoms with Gasteiger partial charge in [0, 0.05) is 5.69 Å². The van der Waals surface area contributed by atoms with Gasteiger partial charge < -0.3 is 4.98 Å². The van der Waals surface area contributed by atoms with Crippen LogP contribution in [0.5, 0.6) is 0 Å². The first kappa shape index (κ1) is 9.71. The lowest BCUT2D eigenvalue weighted by molar-refractivity contribution is 0.111. The third-order valence-electron chi connectivity index (χ3n) is 2.42. The topological polar surface area (TPSA) is 32.9 Å². The Bertz CT molecular complexity index is 431. The molecule has 1 heterocycles. The number of aromatic amines is 1. The van der Waals surface area contributed by atoms with E-state index in [1.165, 1.54) is 5.56 Å². The molecule has 0 spiro atoms. The quantitative estimate of drug-likeness (QED) is 0.754. The maximum Gasteiger partial charge on any atom is 0.166 e. The Morgan fingerprint density at radius 2 is 1.80 bits per heavy atom. The predicted octanol–water partition coefficient (Wildman–Crippen LogP) is 2.61. The summed E-state index contributed by atoms with van der Waals surface area (Å²) in [5.41, 5.74) is 3.08. The fraction of sp³-hybridized carbons (Fsp3) is 0.154. The van der Waals surface area contributed by atoms with Crippen molar-refractivity contribution in [3.63, 3.8) is 0 Å². The molecule has 0 fully saturated rings. The van der Waals surface area contributed by atoms with E-state index in [2.05, 4.69) is 17.1 Å². The van der Waals surface area contributed by atoms with Crippen molar-refractivity contribution in [2.75, 3.05) is 0 Å². The molecule has 1 aromatic carbocycles. The highest BCUT2D eigenvalue weighted by atomic mass is 16.1. The highest BCUT2D eigenvalue weighted by Crippen LogP contribution is 2.06. The minimum atomic E-state index is 0.651.